The zero-order valence-corrected chi connectivity index (χ0v) is 15.6. The molecule has 3 rings (SSSR count). The number of nitrogens with zero attached hydrogens (tertiary/aromatic N) is 2. The molecule has 7 nitrogen and oxygen atoms in total. The van der Waals surface area contributed by atoms with Crippen LogP contribution in [0.25, 0.3) is 11.0 Å². The number of hydrogen-bond acceptors (Lipinski definition) is 5. The van der Waals surface area contributed by atoms with E-state index in [9.17, 15) is 26.4 Å². The fraction of sp³-hybridized carbons (Fsp3) is 0.125. The van der Waals surface area contributed by atoms with Crippen molar-refractivity contribution in [3.05, 3.63) is 47.7 Å². The van der Waals surface area contributed by atoms with Gasteiger partial charge in [-0.25, -0.2) is 17.4 Å². The van der Waals surface area contributed by atoms with Crippen LogP contribution < -0.4 is 10.1 Å². The molecule has 0 aliphatic carbocycles. The van der Waals surface area contributed by atoms with Crippen molar-refractivity contribution in [1.82, 2.24) is 8.96 Å². The average molecular weight is 434 g/mol. The third kappa shape index (κ3) is 3.62. The van der Waals surface area contributed by atoms with Crippen LogP contribution in [0.1, 0.15) is 0 Å². The molecule has 0 fully saturated rings. The predicted octanol–water partition coefficient (Wildman–Crippen LogP) is 3.44. The smallest absolute Gasteiger partial charge is 0.471 e. The summed E-state index contributed by atoms with van der Waals surface area (Å²) in [4.78, 5) is 14.8. The number of aromatic nitrogens is 2. The van der Waals surface area contributed by atoms with Crippen molar-refractivity contribution in [2.75, 3.05) is 12.4 Å². The van der Waals surface area contributed by atoms with Crippen LogP contribution in [0, 0.1) is 0 Å². The van der Waals surface area contributed by atoms with E-state index in [0.717, 1.165) is 22.2 Å². The van der Waals surface area contributed by atoms with Crippen LogP contribution in [0.2, 0.25) is 5.02 Å². The molecule has 0 spiro atoms. The highest BCUT2D eigenvalue weighted by Crippen LogP contribution is 2.31. The van der Waals surface area contributed by atoms with E-state index in [4.69, 9.17) is 16.3 Å². The fourth-order valence-electron chi connectivity index (χ4n) is 2.42. The van der Waals surface area contributed by atoms with E-state index in [2.05, 4.69) is 4.98 Å². The molecule has 0 aliphatic rings. The number of benzene rings is 1. The molecule has 0 saturated heterocycles. The van der Waals surface area contributed by atoms with E-state index in [0.29, 0.717) is 10.4 Å². The molecule has 0 radical (unpaired) electrons. The SMILES string of the molecule is COc1ccc(S(=O)(=O)n2ccc3cc(Cl)cnc32)cc1NC(=O)C(F)(F)F. The number of hydrogen-bond donors (Lipinski definition) is 1. The Bertz CT molecular complexity index is 1180. The lowest BCUT2D eigenvalue weighted by Gasteiger charge is -2.14. The number of ether oxygens (including phenoxy) is 1. The van der Waals surface area contributed by atoms with Crippen LogP contribution in [-0.2, 0) is 14.8 Å². The van der Waals surface area contributed by atoms with Crippen LogP contribution in [0.3, 0.4) is 0 Å². The van der Waals surface area contributed by atoms with Gasteiger partial charge in [0.2, 0.25) is 0 Å². The van der Waals surface area contributed by atoms with Crippen molar-refractivity contribution < 1.29 is 31.1 Å². The second-order valence-corrected chi connectivity index (χ2v) is 7.75. The van der Waals surface area contributed by atoms with Gasteiger partial charge in [0, 0.05) is 17.8 Å². The van der Waals surface area contributed by atoms with Gasteiger partial charge in [0.05, 0.1) is 22.7 Å². The Hall–Kier alpha value is -2.79. The Balaban J connectivity index is 2.09. The molecular formula is C16H11ClF3N3O4S. The Morgan fingerprint density at radius 1 is 1.25 bits per heavy atom. The summed E-state index contributed by atoms with van der Waals surface area (Å²) in [5.41, 5.74) is -0.362. The molecule has 12 heteroatoms. The first-order valence-electron chi connectivity index (χ1n) is 7.48. The summed E-state index contributed by atoms with van der Waals surface area (Å²) in [6.07, 6.45) is -2.65. The molecule has 1 amide bonds. The van der Waals surface area contributed by atoms with Gasteiger partial charge >= 0.3 is 12.1 Å². The zero-order chi connectivity index (χ0) is 20.7. The molecule has 28 heavy (non-hydrogen) atoms. The minimum atomic E-state index is -5.15. The number of pyridine rings is 1. The first kappa shape index (κ1) is 20.0. The van der Waals surface area contributed by atoms with Crippen LogP contribution in [0.4, 0.5) is 18.9 Å². The second kappa shape index (κ2) is 6.99. The Morgan fingerprint density at radius 3 is 2.61 bits per heavy atom. The summed E-state index contributed by atoms with van der Waals surface area (Å²) in [6, 6.07) is 6.13. The maximum atomic E-state index is 12.9. The number of halogens is 4. The summed E-state index contributed by atoms with van der Waals surface area (Å²) >= 11 is 5.83. The van der Waals surface area contributed by atoms with Crippen molar-refractivity contribution in [2.24, 2.45) is 0 Å². The first-order valence-corrected chi connectivity index (χ1v) is 9.30. The third-order valence-electron chi connectivity index (χ3n) is 3.69. The average Bonchev–Trinajstić information content (AvgIpc) is 3.04. The van der Waals surface area contributed by atoms with Crippen molar-refractivity contribution >= 4 is 44.3 Å². The Labute approximate surface area is 161 Å². The van der Waals surface area contributed by atoms with Crippen LogP contribution in [0.15, 0.2) is 47.6 Å². The van der Waals surface area contributed by atoms with Crippen LogP contribution in [-0.4, -0.2) is 36.6 Å². The van der Waals surface area contributed by atoms with Crippen LogP contribution >= 0.6 is 11.6 Å². The van der Waals surface area contributed by atoms with Gasteiger partial charge in [-0.3, -0.25) is 4.79 Å². The molecule has 148 valence electrons. The number of methoxy groups -OCH3 is 1. The van der Waals surface area contributed by atoms with Crippen molar-refractivity contribution in [1.29, 1.82) is 0 Å². The van der Waals surface area contributed by atoms with E-state index in [1.807, 2.05) is 0 Å². The summed E-state index contributed by atoms with van der Waals surface area (Å²) in [6.45, 7) is 0. The van der Waals surface area contributed by atoms with Gasteiger partial charge in [-0.2, -0.15) is 13.2 Å². The molecule has 3 aromatic rings. The van der Waals surface area contributed by atoms with E-state index in [1.165, 1.54) is 31.6 Å². The molecule has 0 atom stereocenters. The molecule has 1 N–H and O–H groups in total. The summed E-state index contributed by atoms with van der Waals surface area (Å²) in [5.74, 6) is -2.40. The number of carbonyl (C=O) groups is 1. The Morgan fingerprint density at radius 2 is 1.96 bits per heavy atom. The largest absolute Gasteiger partial charge is 0.495 e. The number of carbonyl (C=O) groups excluding carboxylic acids is 1. The van der Waals surface area contributed by atoms with E-state index in [-0.39, 0.29) is 16.3 Å². The van der Waals surface area contributed by atoms with Gasteiger partial charge in [0.25, 0.3) is 10.0 Å². The molecule has 0 bridgehead atoms. The van der Waals surface area contributed by atoms with Crippen molar-refractivity contribution in [2.45, 2.75) is 11.1 Å². The standard InChI is InChI=1S/C16H11ClF3N3O4S/c1-27-13-3-2-11(7-12(13)22-15(24)16(18,19)20)28(25,26)23-5-4-9-6-10(17)8-21-14(9)23/h2-8H,1H3,(H,22,24). The molecule has 2 aromatic heterocycles. The maximum absolute atomic E-state index is 12.9. The Kier molecular flexibility index (Phi) is 4.98. The normalized spacial score (nSPS) is 12.2. The van der Waals surface area contributed by atoms with Gasteiger partial charge in [-0.05, 0) is 30.3 Å². The van der Waals surface area contributed by atoms with E-state index >= 15 is 0 Å². The molecule has 1 aromatic carbocycles. The van der Waals surface area contributed by atoms with Gasteiger partial charge in [-0.15, -0.1) is 0 Å². The molecule has 2 heterocycles. The quantitative estimate of drug-likeness (QED) is 0.680. The first-order chi connectivity index (χ1) is 13.0. The zero-order valence-electron chi connectivity index (χ0n) is 14.0. The topological polar surface area (TPSA) is 90.3 Å². The number of fused-ring (bicyclic) bond motifs is 1. The molecule has 0 unspecified atom stereocenters. The molecular weight excluding hydrogens is 423 g/mol. The number of rotatable bonds is 4. The van der Waals surface area contributed by atoms with Crippen LogP contribution in [0.5, 0.6) is 5.75 Å². The summed E-state index contributed by atoms with van der Waals surface area (Å²) in [5, 5.41) is 2.37. The van der Waals surface area contributed by atoms with Crippen molar-refractivity contribution in [3.8, 4) is 5.75 Å². The predicted molar refractivity (Wildman–Crippen MR) is 95.0 cm³/mol. The molecule has 0 aliphatic heterocycles. The highest BCUT2D eigenvalue weighted by atomic mass is 35.5. The van der Waals surface area contributed by atoms with Crippen molar-refractivity contribution in [3.63, 3.8) is 0 Å². The minimum Gasteiger partial charge on any atom is -0.495 e. The third-order valence-corrected chi connectivity index (χ3v) is 5.56. The lowest BCUT2D eigenvalue weighted by Crippen LogP contribution is -2.30. The number of amides is 1. The highest BCUT2D eigenvalue weighted by molar-refractivity contribution is 7.90. The lowest BCUT2D eigenvalue weighted by atomic mass is 10.3. The van der Waals surface area contributed by atoms with Gasteiger partial charge < -0.3 is 10.1 Å². The number of anilines is 1. The molecule has 0 saturated carbocycles. The van der Waals surface area contributed by atoms with Gasteiger partial charge in [0.15, 0.2) is 5.65 Å². The fourth-order valence-corrected chi connectivity index (χ4v) is 3.92. The highest BCUT2D eigenvalue weighted by Gasteiger charge is 2.39. The van der Waals surface area contributed by atoms with Gasteiger partial charge in [-0.1, -0.05) is 11.6 Å². The summed E-state index contributed by atoms with van der Waals surface area (Å²) in [7, 11) is -3.06. The van der Waals surface area contributed by atoms with E-state index < -0.39 is 27.8 Å². The monoisotopic (exact) mass is 433 g/mol. The van der Waals surface area contributed by atoms with E-state index in [1.54, 1.807) is 5.32 Å². The number of alkyl halides is 3. The maximum Gasteiger partial charge on any atom is 0.471 e. The lowest BCUT2D eigenvalue weighted by molar-refractivity contribution is -0.167. The summed E-state index contributed by atoms with van der Waals surface area (Å²) < 4.78 is 69.3. The minimum absolute atomic E-state index is 0.0843. The van der Waals surface area contributed by atoms with Gasteiger partial charge in [0.1, 0.15) is 5.75 Å². The number of nitrogens with one attached hydrogen (secondary N) is 1. The second-order valence-electron chi connectivity index (χ2n) is 5.50.